The van der Waals surface area contributed by atoms with E-state index >= 15 is 0 Å². The molecule has 0 bridgehead atoms. The van der Waals surface area contributed by atoms with Gasteiger partial charge in [0.1, 0.15) is 0 Å². The van der Waals surface area contributed by atoms with Crippen molar-refractivity contribution in [1.29, 1.82) is 0 Å². The van der Waals surface area contributed by atoms with E-state index < -0.39 is 0 Å². The molecule has 0 aromatic heterocycles. The third-order valence-electron chi connectivity index (χ3n) is 1.07. The average Bonchev–Trinajstić information content (AvgIpc) is 1.76. The molecule has 0 aliphatic heterocycles. The normalized spacial score (nSPS) is 17.1. The van der Waals surface area contributed by atoms with Gasteiger partial charge in [-0.1, -0.05) is 12.8 Å². The first kappa shape index (κ1) is 11.0. The first-order valence-electron chi connectivity index (χ1n) is 2.32. The Labute approximate surface area is 68.6 Å². The Morgan fingerprint density at radius 1 is 1.00 bits per heavy atom. The van der Waals surface area contributed by atoms with Crippen molar-refractivity contribution in [2.45, 2.75) is 25.7 Å². The smallest absolute Gasteiger partial charge is 0 e. The summed E-state index contributed by atoms with van der Waals surface area (Å²) in [6, 6.07) is 0. The fourth-order valence-corrected chi connectivity index (χ4v) is 0.722. The van der Waals surface area contributed by atoms with E-state index in [9.17, 15) is 0 Å². The molecule has 0 saturated heterocycles. The summed E-state index contributed by atoms with van der Waals surface area (Å²) in [5.74, 6) is 0. The molecule has 0 unspecified atom stereocenters. The van der Waals surface area contributed by atoms with Crippen LogP contribution in [0.15, 0.2) is 0 Å². The van der Waals surface area contributed by atoms with Gasteiger partial charge < -0.3 is 6.42 Å². The number of rotatable bonds is 0. The van der Waals surface area contributed by atoms with E-state index in [0.29, 0.717) is 0 Å². The summed E-state index contributed by atoms with van der Waals surface area (Å²) in [4.78, 5) is 0. The molecule has 1 rings (SSSR count). The fourth-order valence-electron chi connectivity index (χ4n) is 0.722. The molecular formula is C5H10BrZn-. The molecule has 0 aromatic carbocycles. The van der Waals surface area contributed by atoms with Gasteiger partial charge in [-0.25, -0.2) is 0 Å². The van der Waals surface area contributed by atoms with Crippen LogP contribution in [0, 0.1) is 6.42 Å². The zero-order valence-corrected chi connectivity index (χ0v) is 9.20. The van der Waals surface area contributed by atoms with E-state index in [2.05, 4.69) is 6.42 Å². The Morgan fingerprint density at radius 3 is 1.57 bits per heavy atom. The molecular weight excluding hydrogens is 205 g/mol. The van der Waals surface area contributed by atoms with Crippen LogP contribution in [0.4, 0.5) is 0 Å². The molecule has 0 amide bonds. The van der Waals surface area contributed by atoms with Gasteiger partial charge in [0, 0.05) is 19.5 Å². The third kappa shape index (κ3) is 4.97. The molecule has 0 spiro atoms. The molecule has 0 aromatic rings. The zero-order valence-electron chi connectivity index (χ0n) is 4.52. The summed E-state index contributed by atoms with van der Waals surface area (Å²) in [5, 5.41) is 0. The summed E-state index contributed by atoms with van der Waals surface area (Å²) in [7, 11) is 0. The van der Waals surface area contributed by atoms with Crippen LogP contribution >= 0.6 is 17.0 Å². The van der Waals surface area contributed by atoms with E-state index in [1.165, 1.54) is 25.7 Å². The fraction of sp³-hybridized carbons (Fsp3) is 0.800. The molecule has 2 heteroatoms. The van der Waals surface area contributed by atoms with Gasteiger partial charge in [0.05, 0.1) is 0 Å². The maximum atomic E-state index is 2.36. The van der Waals surface area contributed by atoms with Crippen LogP contribution in [-0.2, 0) is 19.5 Å². The second-order valence-electron chi connectivity index (χ2n) is 1.57. The van der Waals surface area contributed by atoms with Crippen LogP contribution in [0.3, 0.4) is 0 Å². The van der Waals surface area contributed by atoms with E-state index in [0.717, 1.165) is 0 Å². The Hall–Kier alpha value is 1.10. The maximum Gasteiger partial charge on any atom is 0 e. The quantitative estimate of drug-likeness (QED) is 0.430. The van der Waals surface area contributed by atoms with E-state index in [4.69, 9.17) is 0 Å². The Kier molecular flexibility index (Phi) is 11.1. The van der Waals surface area contributed by atoms with Gasteiger partial charge in [0.15, 0.2) is 0 Å². The SMILES string of the molecule is Br.[CH-]1CCCC1.[Zn]. The molecule has 7 heavy (non-hydrogen) atoms. The Morgan fingerprint density at radius 2 is 1.43 bits per heavy atom. The minimum Gasteiger partial charge on any atom is -0.328 e. The first-order chi connectivity index (χ1) is 2.50. The van der Waals surface area contributed by atoms with Gasteiger partial charge in [-0.3, -0.25) is 0 Å². The van der Waals surface area contributed by atoms with Gasteiger partial charge in [-0.15, -0.1) is 17.0 Å². The van der Waals surface area contributed by atoms with Gasteiger partial charge in [0.2, 0.25) is 0 Å². The van der Waals surface area contributed by atoms with E-state index in [-0.39, 0.29) is 36.5 Å². The van der Waals surface area contributed by atoms with Crippen molar-refractivity contribution in [2.24, 2.45) is 0 Å². The molecule has 0 heterocycles. The predicted octanol–water partition coefficient (Wildman–Crippen LogP) is 2.34. The second-order valence-corrected chi connectivity index (χ2v) is 1.57. The number of hydrogen-bond acceptors (Lipinski definition) is 0. The van der Waals surface area contributed by atoms with Crippen LogP contribution in [-0.4, -0.2) is 0 Å². The molecule has 0 nitrogen and oxygen atoms in total. The minimum absolute atomic E-state index is 0. The van der Waals surface area contributed by atoms with Crippen molar-refractivity contribution in [2.75, 3.05) is 0 Å². The van der Waals surface area contributed by atoms with Gasteiger partial charge in [-0.05, 0) is 0 Å². The Balaban J connectivity index is 0. The van der Waals surface area contributed by atoms with Crippen molar-refractivity contribution in [3.63, 3.8) is 0 Å². The van der Waals surface area contributed by atoms with Crippen molar-refractivity contribution in [3.05, 3.63) is 6.42 Å². The molecule has 1 aliphatic rings. The van der Waals surface area contributed by atoms with Crippen LogP contribution in [0.1, 0.15) is 25.7 Å². The topological polar surface area (TPSA) is 0 Å². The third-order valence-corrected chi connectivity index (χ3v) is 1.07. The summed E-state index contributed by atoms with van der Waals surface area (Å²) >= 11 is 0. The standard InChI is InChI=1S/C5H9.BrH.Zn/c1-2-4-5-3-1;;/h1H,2-5H2;1H;/q-1;;. The summed E-state index contributed by atoms with van der Waals surface area (Å²) < 4.78 is 0. The predicted molar refractivity (Wildman–Crippen MR) is 33.1 cm³/mol. The van der Waals surface area contributed by atoms with Gasteiger partial charge in [0.25, 0.3) is 0 Å². The minimum atomic E-state index is 0. The number of halogens is 1. The molecule has 1 saturated carbocycles. The van der Waals surface area contributed by atoms with Crippen molar-refractivity contribution < 1.29 is 19.5 Å². The Bertz CT molecular complexity index is 19.7. The molecule has 0 radical (unpaired) electrons. The number of hydrogen-bond donors (Lipinski definition) is 0. The van der Waals surface area contributed by atoms with Crippen LogP contribution < -0.4 is 0 Å². The maximum absolute atomic E-state index is 2.36. The van der Waals surface area contributed by atoms with Crippen molar-refractivity contribution >= 4 is 17.0 Å². The van der Waals surface area contributed by atoms with E-state index in [1.807, 2.05) is 0 Å². The molecule has 1 fully saturated rings. The van der Waals surface area contributed by atoms with Crippen LogP contribution in [0.25, 0.3) is 0 Å². The molecule has 40 valence electrons. The first-order valence-corrected chi connectivity index (χ1v) is 2.32. The summed E-state index contributed by atoms with van der Waals surface area (Å²) in [6.45, 7) is 0. The largest absolute Gasteiger partial charge is 0.328 e. The molecule has 1 aliphatic carbocycles. The van der Waals surface area contributed by atoms with Crippen molar-refractivity contribution in [1.82, 2.24) is 0 Å². The monoisotopic (exact) mass is 213 g/mol. The summed E-state index contributed by atoms with van der Waals surface area (Å²) in [6.07, 6.45) is 8.00. The van der Waals surface area contributed by atoms with Crippen LogP contribution in [0.2, 0.25) is 0 Å². The summed E-state index contributed by atoms with van der Waals surface area (Å²) in [5.41, 5.74) is 0. The average molecular weight is 215 g/mol. The van der Waals surface area contributed by atoms with Crippen LogP contribution in [0.5, 0.6) is 0 Å². The van der Waals surface area contributed by atoms with Crippen molar-refractivity contribution in [3.8, 4) is 0 Å². The van der Waals surface area contributed by atoms with Gasteiger partial charge in [-0.2, -0.15) is 12.8 Å². The second kappa shape index (κ2) is 7.10. The van der Waals surface area contributed by atoms with Gasteiger partial charge >= 0.3 is 0 Å². The molecule has 0 N–H and O–H groups in total. The zero-order chi connectivity index (χ0) is 3.54. The molecule has 0 atom stereocenters. The van der Waals surface area contributed by atoms with E-state index in [1.54, 1.807) is 0 Å².